The summed E-state index contributed by atoms with van der Waals surface area (Å²) in [6.45, 7) is -0.553. The summed E-state index contributed by atoms with van der Waals surface area (Å²) < 4.78 is 175. The molecule has 0 spiro atoms. The Kier molecular flexibility index (Phi) is 14.4. The number of aliphatic hydroxyl groups excluding tert-OH is 1. The lowest BCUT2D eigenvalue weighted by Crippen LogP contribution is -2.79. The number of sulfonamides is 1. The predicted octanol–water partition coefficient (Wildman–Crippen LogP) is 3.66. The molecule has 0 aliphatic rings. The zero-order valence-electron chi connectivity index (χ0n) is 23.8. The summed E-state index contributed by atoms with van der Waals surface area (Å²) in [5.41, 5.74) is -0.774. The first kappa shape index (κ1) is 40.9. The number of nitrogens with one attached hydrogen (secondary N) is 4. The molecule has 0 aromatic rings. The van der Waals surface area contributed by atoms with Crippen molar-refractivity contribution in [1.82, 2.24) is 30.9 Å². The lowest BCUT2D eigenvalue weighted by molar-refractivity contribution is -0.170. The average Bonchev–Trinajstić information content (AvgIpc) is 2.73. The fourth-order valence-electron chi connectivity index (χ4n) is 3.41. The van der Waals surface area contributed by atoms with Gasteiger partial charge < -0.3 is 5.11 Å². The van der Waals surface area contributed by atoms with Crippen molar-refractivity contribution >= 4 is 10.0 Å². The zero-order chi connectivity index (χ0) is 33.6. The summed E-state index contributed by atoms with van der Waals surface area (Å²) in [6.07, 6.45) is -20.4. The van der Waals surface area contributed by atoms with E-state index < -0.39 is 96.3 Å². The van der Waals surface area contributed by atoms with E-state index in [0.717, 1.165) is 20.8 Å². The molecule has 0 saturated heterocycles. The number of hydrogen-bond acceptors (Lipinski definition) is 8. The van der Waals surface area contributed by atoms with Gasteiger partial charge in [-0.25, -0.2) is 22.6 Å². The molecular formula is C21H39F11N6O3S. The first-order valence-electron chi connectivity index (χ1n) is 12.4. The Hall–Kier alpha value is -1.10. The molecule has 42 heavy (non-hydrogen) atoms. The van der Waals surface area contributed by atoms with Crippen LogP contribution >= 0.6 is 0 Å². The van der Waals surface area contributed by atoms with E-state index in [1.54, 1.807) is 10.6 Å². The summed E-state index contributed by atoms with van der Waals surface area (Å²) in [5.74, 6) is -2.42. The van der Waals surface area contributed by atoms with Crippen molar-refractivity contribution in [2.75, 3.05) is 32.8 Å². The van der Waals surface area contributed by atoms with Crippen LogP contribution in [0.25, 0.3) is 0 Å². The third kappa shape index (κ3) is 13.7. The van der Waals surface area contributed by atoms with Crippen LogP contribution in [0, 0.1) is 5.92 Å². The van der Waals surface area contributed by atoms with Crippen LogP contribution in [0.2, 0.25) is 0 Å². The Balaban J connectivity index is 7.38. The van der Waals surface area contributed by atoms with Gasteiger partial charge in [0.2, 0.25) is 5.12 Å². The highest BCUT2D eigenvalue weighted by Crippen LogP contribution is 2.31. The van der Waals surface area contributed by atoms with Gasteiger partial charge in [-0.05, 0) is 41.0 Å². The van der Waals surface area contributed by atoms with Crippen molar-refractivity contribution in [2.45, 2.75) is 95.5 Å². The molecule has 0 aliphatic carbocycles. The standard InChI is InChI=1S/C21H39F11N6O3S/c1-14(20(30,31)32)11-33-21(34-12-15(22)23,35-13-19(27,28)29)42(40,41)38(16(2,3)4)37(9-7-18(24,25)26)36-17(5,6)8-10-39/h14-15,33-36,39H,7-13H2,1-6H3. The molecule has 0 saturated carbocycles. The Labute approximate surface area is 237 Å². The number of hydrazine groups is 2. The SMILES string of the molecule is CC(CNC(NCC(F)F)(NCC(F)(F)F)S(=O)(=O)N(N(CCC(F)(F)F)NC(C)(C)CCO)C(C)(C)C)C(F)(F)F. The number of aliphatic hydroxyl groups is 1. The fraction of sp³-hybridized carbons (Fsp3) is 1.00. The van der Waals surface area contributed by atoms with E-state index in [-0.39, 0.29) is 10.8 Å². The number of rotatable bonds is 17. The van der Waals surface area contributed by atoms with Gasteiger partial charge >= 0.3 is 18.5 Å². The van der Waals surface area contributed by atoms with Crippen LogP contribution in [0.5, 0.6) is 0 Å². The largest absolute Gasteiger partial charge is 0.401 e. The summed E-state index contributed by atoms with van der Waals surface area (Å²) in [5, 5.41) is 10.9. The number of nitrogens with zero attached hydrogens (tertiary/aromatic N) is 2. The maximum Gasteiger partial charge on any atom is 0.401 e. The van der Waals surface area contributed by atoms with Crippen molar-refractivity contribution in [2.24, 2.45) is 5.92 Å². The number of halogens is 11. The predicted molar refractivity (Wildman–Crippen MR) is 131 cm³/mol. The second-order valence-electron chi connectivity index (χ2n) is 11.1. The van der Waals surface area contributed by atoms with E-state index in [1.165, 1.54) is 19.2 Å². The quantitative estimate of drug-likeness (QED) is 0.0912. The maximum atomic E-state index is 14.2. The third-order valence-corrected chi connectivity index (χ3v) is 7.85. The fourth-order valence-corrected chi connectivity index (χ4v) is 5.56. The highest BCUT2D eigenvalue weighted by molar-refractivity contribution is 7.90. The second-order valence-corrected chi connectivity index (χ2v) is 13.0. The summed E-state index contributed by atoms with van der Waals surface area (Å²) in [4.78, 5) is 0. The molecular weight excluding hydrogens is 625 g/mol. The second kappa shape index (κ2) is 14.8. The van der Waals surface area contributed by atoms with Crippen molar-refractivity contribution in [3.05, 3.63) is 0 Å². The van der Waals surface area contributed by atoms with E-state index in [2.05, 4.69) is 5.43 Å². The van der Waals surface area contributed by atoms with E-state index in [4.69, 9.17) is 0 Å². The van der Waals surface area contributed by atoms with Gasteiger partial charge in [0, 0.05) is 30.8 Å². The molecule has 0 fully saturated rings. The van der Waals surface area contributed by atoms with Crippen LogP contribution in [0.4, 0.5) is 48.3 Å². The minimum Gasteiger partial charge on any atom is -0.396 e. The van der Waals surface area contributed by atoms with Gasteiger partial charge in [-0.3, -0.25) is 16.0 Å². The Bertz CT molecular complexity index is 925. The van der Waals surface area contributed by atoms with E-state index in [1.807, 2.05) is 0 Å². The topological polar surface area (TPSA) is 109 Å². The monoisotopic (exact) mass is 664 g/mol. The van der Waals surface area contributed by atoms with Crippen LogP contribution in [0.3, 0.4) is 0 Å². The van der Waals surface area contributed by atoms with Crippen LogP contribution < -0.4 is 21.4 Å². The van der Waals surface area contributed by atoms with Gasteiger partial charge in [0.25, 0.3) is 16.4 Å². The van der Waals surface area contributed by atoms with Gasteiger partial charge in [0.1, 0.15) is 0 Å². The Morgan fingerprint density at radius 2 is 1.29 bits per heavy atom. The van der Waals surface area contributed by atoms with Crippen LogP contribution in [-0.4, -0.2) is 97.0 Å². The molecule has 0 aliphatic heterocycles. The van der Waals surface area contributed by atoms with Gasteiger partial charge in [0.15, 0.2) is 0 Å². The van der Waals surface area contributed by atoms with Crippen LogP contribution in [-0.2, 0) is 10.0 Å². The minimum absolute atomic E-state index is 0.137. The van der Waals surface area contributed by atoms with Gasteiger partial charge in [0.05, 0.1) is 25.4 Å². The molecule has 0 rings (SSSR count). The van der Waals surface area contributed by atoms with Crippen molar-refractivity contribution < 1.29 is 61.8 Å². The smallest absolute Gasteiger partial charge is 0.396 e. The minimum atomic E-state index is -5.76. The summed E-state index contributed by atoms with van der Waals surface area (Å²) in [6, 6.07) is 0. The Morgan fingerprint density at radius 3 is 1.67 bits per heavy atom. The highest BCUT2D eigenvalue weighted by Gasteiger charge is 2.55. The summed E-state index contributed by atoms with van der Waals surface area (Å²) in [7, 11) is -5.76. The van der Waals surface area contributed by atoms with E-state index in [0.29, 0.717) is 12.0 Å². The molecule has 0 heterocycles. The molecule has 0 amide bonds. The molecule has 0 aromatic heterocycles. The van der Waals surface area contributed by atoms with E-state index in [9.17, 15) is 61.8 Å². The molecule has 0 bridgehead atoms. The maximum absolute atomic E-state index is 14.2. The van der Waals surface area contributed by atoms with Crippen molar-refractivity contribution in [3.63, 3.8) is 0 Å². The lowest BCUT2D eigenvalue weighted by Gasteiger charge is -2.50. The molecule has 5 N–H and O–H groups in total. The first-order chi connectivity index (χ1) is 18.5. The number of alkyl halides is 11. The third-order valence-electron chi connectivity index (χ3n) is 5.44. The molecule has 2 unspecified atom stereocenters. The van der Waals surface area contributed by atoms with Gasteiger partial charge in [-0.1, -0.05) is 6.92 Å². The first-order valence-corrected chi connectivity index (χ1v) is 13.9. The van der Waals surface area contributed by atoms with E-state index >= 15 is 0 Å². The summed E-state index contributed by atoms with van der Waals surface area (Å²) >= 11 is 0. The van der Waals surface area contributed by atoms with Crippen LogP contribution in [0.1, 0.15) is 54.4 Å². The zero-order valence-corrected chi connectivity index (χ0v) is 24.6. The van der Waals surface area contributed by atoms with Crippen molar-refractivity contribution in [3.8, 4) is 0 Å². The van der Waals surface area contributed by atoms with Gasteiger partial charge in [-0.15, -0.1) is 4.41 Å². The molecule has 2 atom stereocenters. The molecule has 9 nitrogen and oxygen atoms in total. The lowest BCUT2D eigenvalue weighted by atomic mass is 10.0. The van der Waals surface area contributed by atoms with Crippen molar-refractivity contribution in [1.29, 1.82) is 0 Å². The highest BCUT2D eigenvalue weighted by atomic mass is 32.2. The molecule has 0 radical (unpaired) electrons. The Morgan fingerprint density at radius 1 is 0.786 bits per heavy atom. The molecule has 0 aromatic carbocycles. The average molecular weight is 665 g/mol. The normalized spacial score (nSPS) is 16.9. The van der Waals surface area contributed by atoms with Gasteiger partial charge in [-0.2, -0.15) is 44.6 Å². The van der Waals surface area contributed by atoms with Crippen LogP contribution in [0.15, 0.2) is 0 Å². The molecule has 254 valence electrons. The molecule has 21 heteroatoms. The number of hydrogen-bond donors (Lipinski definition) is 5.